The van der Waals surface area contributed by atoms with Crippen molar-refractivity contribution < 1.29 is 9.47 Å². The number of aryl methyl sites for hydroxylation is 2. The molecule has 0 bridgehead atoms. The zero-order chi connectivity index (χ0) is 19.2. The molecule has 0 radical (unpaired) electrons. The van der Waals surface area contributed by atoms with Crippen molar-refractivity contribution in [3.05, 3.63) is 57.6 Å². The number of hydrogen-bond acceptors (Lipinski definition) is 3. The molecule has 2 unspecified atom stereocenters. The molecule has 0 amide bonds. The Balaban J connectivity index is 1.04. The smallest absolute Gasteiger partial charge is 0.122 e. The standard InChI is InChI=1S/C26H31NO2/c1-3-19(25-17(1)5-7-23-21(25)11-15-28-23)9-13-27-14-10-20-4-2-18-6-8-24-22(26(18)20)12-16-29-24/h5-8,19-20,27H,1-4,9-16H2. The van der Waals surface area contributed by atoms with Crippen LogP contribution in [0.25, 0.3) is 0 Å². The van der Waals surface area contributed by atoms with Gasteiger partial charge in [0.1, 0.15) is 11.5 Å². The summed E-state index contributed by atoms with van der Waals surface area (Å²) in [5.74, 6) is 3.75. The first-order valence-electron chi connectivity index (χ1n) is 11.6. The summed E-state index contributed by atoms with van der Waals surface area (Å²) in [5, 5.41) is 3.77. The second-order valence-electron chi connectivity index (χ2n) is 9.23. The first-order valence-corrected chi connectivity index (χ1v) is 11.6. The van der Waals surface area contributed by atoms with Crippen LogP contribution in [0.15, 0.2) is 24.3 Å². The third kappa shape index (κ3) is 3.06. The van der Waals surface area contributed by atoms with Crippen molar-refractivity contribution in [3.63, 3.8) is 0 Å². The van der Waals surface area contributed by atoms with Gasteiger partial charge in [-0.15, -0.1) is 0 Å². The number of ether oxygens (including phenoxy) is 2. The molecule has 1 N–H and O–H groups in total. The Morgan fingerprint density at radius 1 is 0.690 bits per heavy atom. The predicted octanol–water partition coefficient (Wildman–Crippen LogP) is 4.69. The highest BCUT2D eigenvalue weighted by Crippen LogP contribution is 2.44. The van der Waals surface area contributed by atoms with E-state index in [4.69, 9.17) is 9.47 Å². The van der Waals surface area contributed by atoms with Gasteiger partial charge in [-0.25, -0.2) is 0 Å². The van der Waals surface area contributed by atoms with Crippen molar-refractivity contribution in [2.45, 2.75) is 63.2 Å². The van der Waals surface area contributed by atoms with Gasteiger partial charge in [0.05, 0.1) is 13.2 Å². The zero-order valence-electron chi connectivity index (χ0n) is 17.3. The van der Waals surface area contributed by atoms with Crippen LogP contribution in [0.1, 0.15) is 70.9 Å². The molecule has 0 spiro atoms. The summed E-state index contributed by atoms with van der Waals surface area (Å²) in [5.41, 5.74) is 9.48. The average molecular weight is 390 g/mol. The van der Waals surface area contributed by atoms with E-state index < -0.39 is 0 Å². The lowest BCUT2D eigenvalue weighted by Crippen LogP contribution is -2.20. The van der Waals surface area contributed by atoms with Crippen molar-refractivity contribution in [2.24, 2.45) is 0 Å². The number of rotatable bonds is 6. The van der Waals surface area contributed by atoms with Crippen molar-refractivity contribution in [3.8, 4) is 11.5 Å². The normalized spacial score (nSPS) is 23.3. The van der Waals surface area contributed by atoms with Crippen LogP contribution >= 0.6 is 0 Å². The molecular weight excluding hydrogens is 358 g/mol. The molecule has 2 aliphatic heterocycles. The summed E-state index contributed by atoms with van der Waals surface area (Å²) >= 11 is 0. The van der Waals surface area contributed by atoms with E-state index in [1.54, 1.807) is 22.3 Å². The highest BCUT2D eigenvalue weighted by Gasteiger charge is 2.30. The monoisotopic (exact) mass is 389 g/mol. The molecule has 3 heteroatoms. The molecule has 2 aromatic carbocycles. The summed E-state index contributed by atoms with van der Waals surface area (Å²) in [4.78, 5) is 0. The summed E-state index contributed by atoms with van der Waals surface area (Å²) in [7, 11) is 0. The van der Waals surface area contributed by atoms with Crippen molar-refractivity contribution >= 4 is 0 Å². The van der Waals surface area contributed by atoms with E-state index in [1.807, 2.05) is 0 Å². The fourth-order valence-corrected chi connectivity index (χ4v) is 6.35. The lowest BCUT2D eigenvalue weighted by Gasteiger charge is -2.17. The topological polar surface area (TPSA) is 30.5 Å². The van der Waals surface area contributed by atoms with Crippen molar-refractivity contribution in [1.29, 1.82) is 0 Å². The molecule has 3 nitrogen and oxygen atoms in total. The SMILES string of the molecule is c1cc2c(c3c1CCC3CCNCCC1CCc3ccc4c(c31)CCO4)CCO2. The van der Waals surface area contributed by atoms with E-state index in [0.717, 1.165) is 62.5 Å². The second kappa shape index (κ2) is 7.36. The Bertz CT molecular complexity index is 859. The second-order valence-corrected chi connectivity index (χ2v) is 9.23. The van der Waals surface area contributed by atoms with Crippen LogP contribution in [-0.4, -0.2) is 26.3 Å². The van der Waals surface area contributed by atoms with Crippen LogP contribution in [0.5, 0.6) is 11.5 Å². The summed E-state index contributed by atoms with van der Waals surface area (Å²) in [6, 6.07) is 9.02. The number of fused-ring (bicyclic) bond motifs is 6. The van der Waals surface area contributed by atoms with E-state index in [9.17, 15) is 0 Å². The largest absolute Gasteiger partial charge is 0.493 e. The number of benzene rings is 2. The molecule has 2 aromatic rings. The van der Waals surface area contributed by atoms with Gasteiger partial charge in [-0.1, -0.05) is 12.1 Å². The Hall–Kier alpha value is -2.00. The van der Waals surface area contributed by atoms with Crippen LogP contribution in [0, 0.1) is 0 Å². The fourth-order valence-electron chi connectivity index (χ4n) is 6.35. The van der Waals surface area contributed by atoms with Gasteiger partial charge in [0.2, 0.25) is 0 Å². The Labute approximate surface area is 173 Å². The Morgan fingerprint density at radius 2 is 1.21 bits per heavy atom. The van der Waals surface area contributed by atoms with Crippen LogP contribution in [-0.2, 0) is 25.7 Å². The highest BCUT2D eigenvalue weighted by molar-refractivity contribution is 5.52. The highest BCUT2D eigenvalue weighted by atomic mass is 16.5. The summed E-state index contributed by atoms with van der Waals surface area (Å²) < 4.78 is 11.6. The van der Waals surface area contributed by atoms with Gasteiger partial charge in [0.15, 0.2) is 0 Å². The number of nitrogens with one attached hydrogen (secondary N) is 1. The van der Waals surface area contributed by atoms with Crippen LogP contribution in [0.3, 0.4) is 0 Å². The van der Waals surface area contributed by atoms with Gasteiger partial charge in [0.25, 0.3) is 0 Å². The maximum Gasteiger partial charge on any atom is 0.122 e. The van der Waals surface area contributed by atoms with Crippen molar-refractivity contribution in [1.82, 2.24) is 5.32 Å². The van der Waals surface area contributed by atoms with E-state index in [1.165, 1.54) is 49.7 Å². The minimum Gasteiger partial charge on any atom is -0.493 e. The van der Waals surface area contributed by atoms with Crippen molar-refractivity contribution in [2.75, 3.05) is 26.3 Å². The van der Waals surface area contributed by atoms with E-state index in [0.29, 0.717) is 0 Å². The van der Waals surface area contributed by atoms with Gasteiger partial charge in [-0.2, -0.15) is 0 Å². The number of hydrogen-bond donors (Lipinski definition) is 1. The maximum absolute atomic E-state index is 5.81. The minimum atomic E-state index is 0.724. The molecule has 0 saturated carbocycles. The van der Waals surface area contributed by atoms with E-state index in [2.05, 4.69) is 29.6 Å². The summed E-state index contributed by atoms with van der Waals surface area (Å²) in [6.45, 7) is 4.00. The van der Waals surface area contributed by atoms with E-state index >= 15 is 0 Å². The molecule has 2 heterocycles. The lowest BCUT2D eigenvalue weighted by molar-refractivity contribution is 0.356. The van der Waals surface area contributed by atoms with Crippen LogP contribution in [0.4, 0.5) is 0 Å². The van der Waals surface area contributed by atoms with Gasteiger partial charge in [-0.05, 0) is 97.8 Å². The Morgan fingerprint density at radius 3 is 1.72 bits per heavy atom. The predicted molar refractivity (Wildman–Crippen MR) is 116 cm³/mol. The molecular formula is C26H31NO2. The molecule has 0 aromatic heterocycles. The lowest BCUT2D eigenvalue weighted by atomic mass is 9.91. The van der Waals surface area contributed by atoms with E-state index in [-0.39, 0.29) is 0 Å². The fraction of sp³-hybridized carbons (Fsp3) is 0.538. The molecule has 2 aliphatic carbocycles. The average Bonchev–Trinajstić information content (AvgIpc) is 3.51. The van der Waals surface area contributed by atoms with Crippen LogP contribution < -0.4 is 14.8 Å². The zero-order valence-corrected chi connectivity index (χ0v) is 17.3. The maximum atomic E-state index is 5.81. The molecule has 6 rings (SSSR count). The quantitative estimate of drug-likeness (QED) is 0.728. The first kappa shape index (κ1) is 17.8. The van der Waals surface area contributed by atoms with Gasteiger partial charge < -0.3 is 14.8 Å². The molecule has 4 aliphatic rings. The molecule has 0 saturated heterocycles. The van der Waals surface area contributed by atoms with Gasteiger partial charge >= 0.3 is 0 Å². The third-order valence-electron chi connectivity index (χ3n) is 7.71. The molecule has 0 fully saturated rings. The van der Waals surface area contributed by atoms with Crippen LogP contribution in [0.2, 0.25) is 0 Å². The summed E-state index contributed by atoms with van der Waals surface area (Å²) in [6.07, 6.45) is 9.86. The Kier molecular flexibility index (Phi) is 4.52. The molecule has 152 valence electrons. The molecule has 29 heavy (non-hydrogen) atoms. The van der Waals surface area contributed by atoms with Gasteiger partial charge in [-0.3, -0.25) is 0 Å². The molecule has 2 atom stereocenters. The first-order chi connectivity index (χ1) is 14.4. The third-order valence-corrected chi connectivity index (χ3v) is 7.71. The van der Waals surface area contributed by atoms with Gasteiger partial charge in [0, 0.05) is 24.0 Å². The minimum absolute atomic E-state index is 0.724.